The molecule has 1 atom stereocenters. The van der Waals surface area contributed by atoms with Crippen molar-refractivity contribution in [2.45, 2.75) is 32.8 Å². The van der Waals surface area contributed by atoms with Crippen molar-refractivity contribution >= 4 is 34.7 Å². The topological polar surface area (TPSA) is 59.9 Å². The van der Waals surface area contributed by atoms with E-state index in [1.54, 1.807) is 31.5 Å². The van der Waals surface area contributed by atoms with Crippen LogP contribution in [-0.4, -0.2) is 25.3 Å². The molecule has 0 bridgehead atoms. The summed E-state index contributed by atoms with van der Waals surface area (Å²) in [6, 6.07) is 9.49. The largest absolute Gasteiger partial charge is 0.493 e. The lowest BCUT2D eigenvalue weighted by Crippen LogP contribution is -2.19. The molecule has 0 saturated heterocycles. The van der Waals surface area contributed by atoms with Gasteiger partial charge in [0.1, 0.15) is 5.82 Å². The van der Waals surface area contributed by atoms with Gasteiger partial charge in [0.15, 0.2) is 11.5 Å². The Morgan fingerprint density at radius 1 is 1.33 bits per heavy atom. The number of hydrazone groups is 1. The maximum Gasteiger partial charge on any atom is 0.244 e. The second-order valence-corrected chi connectivity index (χ2v) is 7.13. The number of rotatable bonds is 8. The molecule has 0 heterocycles. The normalized spacial score (nSPS) is 12.0. The van der Waals surface area contributed by atoms with E-state index in [2.05, 4.69) is 40.0 Å². The molecule has 1 amide bonds. The standard InChI is InChI=1S/C20H22FIN2O3/c1-4-13(2)27-20-17(22)9-15(10-18(20)26-3)12-23-24-19(25)11-14-5-7-16(21)8-6-14/h5-10,12-13H,4,11H2,1-3H3,(H,24,25)/b23-12+/t13-/m0/s1. The third-order valence-electron chi connectivity index (χ3n) is 3.83. The average Bonchev–Trinajstić information content (AvgIpc) is 2.65. The number of hydrogen-bond donors (Lipinski definition) is 1. The maximum atomic E-state index is 12.9. The minimum atomic E-state index is -0.332. The van der Waals surface area contributed by atoms with Gasteiger partial charge >= 0.3 is 0 Å². The summed E-state index contributed by atoms with van der Waals surface area (Å²) < 4.78 is 25.1. The number of methoxy groups -OCH3 is 1. The molecule has 0 aliphatic rings. The van der Waals surface area contributed by atoms with Crippen LogP contribution in [0.1, 0.15) is 31.4 Å². The predicted octanol–water partition coefficient (Wildman–Crippen LogP) is 4.31. The Bertz CT molecular complexity index is 810. The quantitative estimate of drug-likeness (QED) is 0.345. The fourth-order valence-electron chi connectivity index (χ4n) is 2.22. The van der Waals surface area contributed by atoms with E-state index < -0.39 is 0 Å². The highest BCUT2D eigenvalue weighted by molar-refractivity contribution is 14.1. The van der Waals surface area contributed by atoms with E-state index >= 15 is 0 Å². The maximum absolute atomic E-state index is 12.9. The number of carbonyl (C=O) groups excluding carboxylic acids is 1. The van der Waals surface area contributed by atoms with Crippen molar-refractivity contribution in [2.75, 3.05) is 7.11 Å². The molecule has 144 valence electrons. The molecule has 1 N–H and O–H groups in total. The second kappa shape index (κ2) is 10.2. The van der Waals surface area contributed by atoms with Crippen LogP contribution in [0.2, 0.25) is 0 Å². The third kappa shape index (κ3) is 6.50. The summed E-state index contributed by atoms with van der Waals surface area (Å²) in [5.41, 5.74) is 3.96. The number of carbonyl (C=O) groups is 1. The zero-order valence-electron chi connectivity index (χ0n) is 15.5. The Balaban J connectivity index is 2.02. The molecule has 0 radical (unpaired) electrons. The first-order chi connectivity index (χ1) is 12.9. The molecule has 0 fully saturated rings. The summed E-state index contributed by atoms with van der Waals surface area (Å²) in [6.07, 6.45) is 2.64. The molecule has 0 spiro atoms. The van der Waals surface area contributed by atoms with E-state index in [-0.39, 0.29) is 24.2 Å². The molecular formula is C20H22FIN2O3. The lowest BCUT2D eigenvalue weighted by atomic mass is 10.1. The highest BCUT2D eigenvalue weighted by Crippen LogP contribution is 2.34. The predicted molar refractivity (Wildman–Crippen MR) is 112 cm³/mol. The van der Waals surface area contributed by atoms with Crippen LogP contribution < -0.4 is 14.9 Å². The van der Waals surface area contributed by atoms with Crippen molar-refractivity contribution in [1.29, 1.82) is 0 Å². The third-order valence-corrected chi connectivity index (χ3v) is 4.63. The summed E-state index contributed by atoms with van der Waals surface area (Å²) in [5, 5.41) is 3.98. The summed E-state index contributed by atoms with van der Waals surface area (Å²) in [7, 11) is 1.58. The van der Waals surface area contributed by atoms with Crippen LogP contribution in [0.15, 0.2) is 41.5 Å². The van der Waals surface area contributed by atoms with Gasteiger partial charge in [0.05, 0.1) is 29.4 Å². The van der Waals surface area contributed by atoms with E-state index in [4.69, 9.17) is 9.47 Å². The summed E-state index contributed by atoms with van der Waals surface area (Å²) >= 11 is 2.18. The van der Waals surface area contributed by atoms with Crippen LogP contribution in [-0.2, 0) is 11.2 Å². The van der Waals surface area contributed by atoms with E-state index in [0.29, 0.717) is 17.1 Å². The van der Waals surface area contributed by atoms with Crippen molar-refractivity contribution in [3.63, 3.8) is 0 Å². The van der Waals surface area contributed by atoms with Gasteiger partial charge in [-0.1, -0.05) is 19.1 Å². The number of benzene rings is 2. The van der Waals surface area contributed by atoms with E-state index in [1.807, 2.05) is 13.0 Å². The molecule has 0 saturated carbocycles. The highest BCUT2D eigenvalue weighted by Gasteiger charge is 2.13. The lowest BCUT2D eigenvalue weighted by Gasteiger charge is -2.17. The second-order valence-electron chi connectivity index (χ2n) is 5.97. The van der Waals surface area contributed by atoms with Gasteiger partial charge in [-0.25, -0.2) is 9.82 Å². The minimum absolute atomic E-state index is 0.0812. The molecule has 2 aromatic rings. The van der Waals surface area contributed by atoms with Gasteiger partial charge in [0, 0.05) is 0 Å². The highest BCUT2D eigenvalue weighted by atomic mass is 127. The van der Waals surface area contributed by atoms with E-state index in [1.165, 1.54) is 12.1 Å². The number of nitrogens with one attached hydrogen (secondary N) is 1. The van der Waals surface area contributed by atoms with Gasteiger partial charge < -0.3 is 9.47 Å². The van der Waals surface area contributed by atoms with Crippen molar-refractivity contribution in [3.8, 4) is 11.5 Å². The Morgan fingerprint density at radius 2 is 2.04 bits per heavy atom. The molecule has 0 aliphatic carbocycles. The Morgan fingerprint density at radius 3 is 2.67 bits per heavy atom. The van der Waals surface area contributed by atoms with Crippen LogP contribution in [0, 0.1) is 9.39 Å². The van der Waals surface area contributed by atoms with E-state index in [9.17, 15) is 9.18 Å². The first-order valence-corrected chi connectivity index (χ1v) is 9.61. The van der Waals surface area contributed by atoms with Crippen LogP contribution in [0.5, 0.6) is 11.5 Å². The average molecular weight is 484 g/mol. The Hall–Kier alpha value is -2.16. The first-order valence-electron chi connectivity index (χ1n) is 8.53. The molecule has 7 heteroatoms. The Labute approximate surface area is 172 Å². The van der Waals surface area contributed by atoms with Crippen LogP contribution in [0.4, 0.5) is 4.39 Å². The molecule has 2 aromatic carbocycles. The zero-order valence-corrected chi connectivity index (χ0v) is 17.6. The van der Waals surface area contributed by atoms with Crippen molar-refractivity contribution in [1.82, 2.24) is 5.43 Å². The van der Waals surface area contributed by atoms with Crippen LogP contribution >= 0.6 is 22.6 Å². The Kier molecular flexibility index (Phi) is 8.02. The first kappa shape index (κ1) is 21.1. The summed E-state index contributed by atoms with van der Waals surface area (Å²) in [6.45, 7) is 4.06. The van der Waals surface area contributed by atoms with Crippen LogP contribution in [0.25, 0.3) is 0 Å². The molecule has 2 rings (SSSR count). The zero-order chi connectivity index (χ0) is 19.8. The van der Waals surface area contributed by atoms with Crippen LogP contribution in [0.3, 0.4) is 0 Å². The fraction of sp³-hybridized carbons (Fsp3) is 0.300. The summed E-state index contributed by atoms with van der Waals surface area (Å²) in [5.74, 6) is 0.698. The number of ether oxygens (including phenoxy) is 2. The van der Waals surface area contributed by atoms with Gasteiger partial charge in [0.25, 0.3) is 0 Å². The fourth-order valence-corrected chi connectivity index (χ4v) is 2.97. The SMILES string of the molecule is CC[C@H](C)Oc1c(I)cc(/C=N/NC(=O)Cc2ccc(F)cc2)cc1OC. The van der Waals surface area contributed by atoms with Gasteiger partial charge in [-0.05, 0) is 71.3 Å². The smallest absolute Gasteiger partial charge is 0.244 e. The summed E-state index contributed by atoms with van der Waals surface area (Å²) in [4.78, 5) is 11.9. The van der Waals surface area contributed by atoms with Crippen molar-refractivity contribution < 1.29 is 18.7 Å². The number of halogens is 2. The number of nitrogens with zero attached hydrogens (tertiary/aromatic N) is 1. The minimum Gasteiger partial charge on any atom is -0.493 e. The van der Waals surface area contributed by atoms with Crippen molar-refractivity contribution in [2.24, 2.45) is 5.10 Å². The van der Waals surface area contributed by atoms with Gasteiger partial charge in [-0.3, -0.25) is 4.79 Å². The van der Waals surface area contributed by atoms with Gasteiger partial charge in [-0.15, -0.1) is 0 Å². The number of amides is 1. The molecule has 0 aromatic heterocycles. The monoisotopic (exact) mass is 484 g/mol. The van der Waals surface area contributed by atoms with Gasteiger partial charge in [0.2, 0.25) is 5.91 Å². The van der Waals surface area contributed by atoms with Crippen molar-refractivity contribution in [3.05, 3.63) is 56.9 Å². The lowest BCUT2D eigenvalue weighted by molar-refractivity contribution is -0.120. The molecule has 0 aliphatic heterocycles. The molecular weight excluding hydrogens is 462 g/mol. The van der Waals surface area contributed by atoms with E-state index in [0.717, 1.165) is 15.6 Å². The van der Waals surface area contributed by atoms with Gasteiger partial charge in [-0.2, -0.15) is 5.10 Å². The molecule has 27 heavy (non-hydrogen) atoms. The number of hydrogen-bond acceptors (Lipinski definition) is 4. The molecule has 0 unspecified atom stereocenters. The molecule has 5 nitrogen and oxygen atoms in total.